The van der Waals surface area contributed by atoms with Gasteiger partial charge in [-0.3, -0.25) is 9.78 Å². The average molecular weight is 259 g/mol. The fraction of sp³-hybridized carbons (Fsp3) is 0.333. The number of carbonyl (C=O) groups excluding carboxylic acids is 1. The van der Waals surface area contributed by atoms with Gasteiger partial charge in [0.25, 0.3) is 0 Å². The molecule has 0 N–H and O–H groups in total. The highest BCUT2D eigenvalue weighted by Crippen LogP contribution is 2.25. The van der Waals surface area contributed by atoms with Crippen molar-refractivity contribution >= 4 is 28.3 Å². The molecule has 0 unspecified atom stereocenters. The second kappa shape index (κ2) is 5.11. The van der Waals surface area contributed by atoms with E-state index in [4.69, 9.17) is 0 Å². The zero-order chi connectivity index (χ0) is 13.2. The molecule has 2 rings (SSSR count). The Morgan fingerprint density at radius 3 is 2.78 bits per heavy atom. The quantitative estimate of drug-likeness (QED) is 0.782. The van der Waals surface area contributed by atoms with Crippen LogP contribution in [-0.4, -0.2) is 21.3 Å². The number of pyridine rings is 1. The Labute approximate surface area is 112 Å². The Hall–Kier alpha value is -1.35. The minimum Gasteiger partial charge on any atom is -0.293 e. The van der Waals surface area contributed by atoms with Crippen LogP contribution in [0, 0.1) is 0 Å². The summed E-state index contributed by atoms with van der Waals surface area (Å²) in [4.78, 5) is 16.3. The fourth-order valence-corrected chi connectivity index (χ4v) is 2.45. The zero-order valence-corrected chi connectivity index (χ0v) is 11.8. The summed E-state index contributed by atoms with van der Waals surface area (Å²) in [6.07, 6.45) is 3.53. The van der Waals surface area contributed by atoms with Gasteiger partial charge in [0.1, 0.15) is 0 Å². The minimum atomic E-state index is 0.113. The van der Waals surface area contributed by atoms with Crippen LogP contribution in [0.1, 0.15) is 31.1 Å². The van der Waals surface area contributed by atoms with Gasteiger partial charge in [0, 0.05) is 28.1 Å². The number of thioether (sulfide) groups is 1. The standard InChI is InChI=1S/C15H17NOS/c1-15(2,3)18-10-14(17)13-6-4-5-11-9-16-8-7-12(11)13/h4-9H,10H2,1-3H3. The molecule has 0 fully saturated rings. The summed E-state index contributed by atoms with van der Waals surface area (Å²) >= 11 is 1.68. The van der Waals surface area contributed by atoms with E-state index in [2.05, 4.69) is 25.8 Å². The van der Waals surface area contributed by atoms with Crippen molar-refractivity contribution in [2.75, 3.05) is 5.75 Å². The lowest BCUT2D eigenvalue weighted by Crippen LogP contribution is -2.13. The van der Waals surface area contributed by atoms with Crippen LogP contribution in [0.4, 0.5) is 0 Å². The molecule has 0 saturated heterocycles. The van der Waals surface area contributed by atoms with Crippen molar-refractivity contribution in [1.29, 1.82) is 0 Å². The van der Waals surface area contributed by atoms with Crippen LogP contribution in [0.25, 0.3) is 10.8 Å². The van der Waals surface area contributed by atoms with Gasteiger partial charge in [-0.25, -0.2) is 0 Å². The van der Waals surface area contributed by atoms with E-state index in [0.29, 0.717) is 5.75 Å². The molecule has 0 amide bonds. The number of carbonyl (C=O) groups is 1. The van der Waals surface area contributed by atoms with Gasteiger partial charge in [-0.2, -0.15) is 0 Å². The summed E-state index contributed by atoms with van der Waals surface area (Å²) in [5.74, 6) is 0.706. The van der Waals surface area contributed by atoms with Gasteiger partial charge in [0.05, 0.1) is 5.75 Å². The number of fused-ring (bicyclic) bond motifs is 1. The van der Waals surface area contributed by atoms with Gasteiger partial charge in [0.15, 0.2) is 5.78 Å². The normalized spacial score (nSPS) is 11.7. The largest absolute Gasteiger partial charge is 0.293 e. The summed E-state index contributed by atoms with van der Waals surface area (Å²) in [5, 5.41) is 2.01. The fourth-order valence-electron chi connectivity index (χ4n) is 1.73. The Morgan fingerprint density at radius 1 is 1.28 bits per heavy atom. The molecule has 1 aromatic heterocycles. The van der Waals surface area contributed by atoms with Gasteiger partial charge in [0.2, 0.25) is 0 Å². The SMILES string of the molecule is CC(C)(C)SCC(=O)c1cccc2cnccc12. The molecule has 3 heteroatoms. The van der Waals surface area contributed by atoms with Crippen LogP contribution in [0.15, 0.2) is 36.7 Å². The van der Waals surface area contributed by atoms with Crippen LogP contribution < -0.4 is 0 Å². The summed E-state index contributed by atoms with van der Waals surface area (Å²) < 4.78 is 0.113. The molecule has 0 aliphatic heterocycles. The number of Topliss-reactive ketones (excluding diaryl/α,β-unsaturated/α-hetero) is 1. The molecular weight excluding hydrogens is 242 g/mol. The Balaban J connectivity index is 2.28. The van der Waals surface area contributed by atoms with Gasteiger partial charge in [-0.15, -0.1) is 11.8 Å². The highest BCUT2D eigenvalue weighted by Gasteiger charge is 2.15. The lowest BCUT2D eigenvalue weighted by atomic mass is 10.0. The highest BCUT2D eigenvalue weighted by atomic mass is 32.2. The van der Waals surface area contributed by atoms with E-state index < -0.39 is 0 Å². The molecule has 2 aromatic rings. The zero-order valence-electron chi connectivity index (χ0n) is 10.9. The molecule has 2 nitrogen and oxygen atoms in total. The van der Waals surface area contributed by atoms with E-state index in [9.17, 15) is 4.79 Å². The molecule has 0 bridgehead atoms. The number of rotatable bonds is 3. The first-order valence-corrected chi connectivity index (χ1v) is 6.96. The highest BCUT2D eigenvalue weighted by molar-refractivity contribution is 8.01. The van der Waals surface area contributed by atoms with Gasteiger partial charge >= 0.3 is 0 Å². The van der Waals surface area contributed by atoms with Crippen LogP contribution >= 0.6 is 11.8 Å². The van der Waals surface area contributed by atoms with Crippen LogP contribution in [-0.2, 0) is 0 Å². The number of nitrogens with zero attached hydrogens (tertiary/aromatic N) is 1. The summed E-state index contributed by atoms with van der Waals surface area (Å²) in [7, 11) is 0. The van der Waals surface area contributed by atoms with Gasteiger partial charge in [-0.1, -0.05) is 39.0 Å². The van der Waals surface area contributed by atoms with Gasteiger partial charge in [-0.05, 0) is 11.5 Å². The second-order valence-electron chi connectivity index (χ2n) is 5.23. The molecule has 0 aliphatic carbocycles. The smallest absolute Gasteiger partial charge is 0.173 e. The van der Waals surface area contributed by atoms with E-state index in [-0.39, 0.29) is 10.5 Å². The number of hydrogen-bond donors (Lipinski definition) is 0. The monoisotopic (exact) mass is 259 g/mol. The molecule has 18 heavy (non-hydrogen) atoms. The number of benzene rings is 1. The number of hydrogen-bond acceptors (Lipinski definition) is 3. The van der Waals surface area contributed by atoms with Crippen molar-refractivity contribution in [3.05, 3.63) is 42.2 Å². The molecule has 94 valence electrons. The van der Waals surface area contributed by atoms with E-state index in [1.54, 1.807) is 24.2 Å². The maximum absolute atomic E-state index is 12.3. The molecule has 1 heterocycles. The average Bonchev–Trinajstić information content (AvgIpc) is 2.34. The first-order chi connectivity index (χ1) is 8.47. The third-order valence-corrected chi connectivity index (χ3v) is 3.89. The first kappa shape index (κ1) is 13.1. The predicted octanol–water partition coefficient (Wildman–Crippen LogP) is 3.95. The lowest BCUT2D eigenvalue weighted by molar-refractivity contribution is 0.102. The van der Waals surface area contributed by atoms with Crippen LogP contribution in [0.2, 0.25) is 0 Å². The van der Waals surface area contributed by atoms with Gasteiger partial charge < -0.3 is 0 Å². The Kier molecular flexibility index (Phi) is 3.71. The Morgan fingerprint density at radius 2 is 2.06 bits per heavy atom. The molecule has 0 aliphatic rings. The minimum absolute atomic E-state index is 0.113. The molecule has 0 atom stereocenters. The maximum atomic E-state index is 12.3. The number of ketones is 1. The topological polar surface area (TPSA) is 30.0 Å². The first-order valence-electron chi connectivity index (χ1n) is 5.97. The molecule has 0 saturated carbocycles. The van der Waals surface area contributed by atoms with Crippen molar-refractivity contribution in [2.24, 2.45) is 0 Å². The molecule has 0 radical (unpaired) electrons. The summed E-state index contributed by atoms with van der Waals surface area (Å²) in [5.41, 5.74) is 0.798. The third kappa shape index (κ3) is 3.10. The lowest BCUT2D eigenvalue weighted by Gasteiger charge is -2.17. The summed E-state index contributed by atoms with van der Waals surface area (Å²) in [6.45, 7) is 6.37. The van der Waals surface area contributed by atoms with Crippen LogP contribution in [0.3, 0.4) is 0 Å². The van der Waals surface area contributed by atoms with E-state index in [1.807, 2.05) is 24.3 Å². The van der Waals surface area contributed by atoms with E-state index in [0.717, 1.165) is 16.3 Å². The predicted molar refractivity (Wildman–Crippen MR) is 78.3 cm³/mol. The van der Waals surface area contributed by atoms with E-state index in [1.165, 1.54) is 0 Å². The van der Waals surface area contributed by atoms with Crippen molar-refractivity contribution in [2.45, 2.75) is 25.5 Å². The van der Waals surface area contributed by atoms with Crippen LogP contribution in [0.5, 0.6) is 0 Å². The molecular formula is C15H17NOS. The van der Waals surface area contributed by atoms with Crippen molar-refractivity contribution in [1.82, 2.24) is 4.98 Å². The van der Waals surface area contributed by atoms with Crippen molar-refractivity contribution in [3.63, 3.8) is 0 Å². The molecule has 0 spiro atoms. The van der Waals surface area contributed by atoms with E-state index >= 15 is 0 Å². The maximum Gasteiger partial charge on any atom is 0.173 e. The molecule has 1 aromatic carbocycles. The summed E-state index contributed by atoms with van der Waals surface area (Å²) in [6, 6.07) is 7.70. The Bertz CT molecular complexity index is 567. The van der Waals surface area contributed by atoms with Crippen molar-refractivity contribution in [3.8, 4) is 0 Å². The van der Waals surface area contributed by atoms with Crippen molar-refractivity contribution < 1.29 is 4.79 Å². The second-order valence-corrected chi connectivity index (χ2v) is 7.03. The third-order valence-electron chi connectivity index (χ3n) is 2.62. The number of aromatic nitrogens is 1.